The molecule has 2 rings (SSSR count). The summed E-state index contributed by atoms with van der Waals surface area (Å²) in [5.41, 5.74) is 1.99. The summed E-state index contributed by atoms with van der Waals surface area (Å²) in [7, 11) is 1.86. The van der Waals surface area contributed by atoms with Crippen LogP contribution in [-0.4, -0.2) is 22.0 Å². The Kier molecular flexibility index (Phi) is 4.25. The first-order valence-corrected chi connectivity index (χ1v) is 6.66. The minimum absolute atomic E-state index is 0.649. The number of pyridine rings is 1. The maximum Gasteiger partial charge on any atom is 0.144 e. The number of anilines is 1. The van der Waals surface area contributed by atoms with Gasteiger partial charge in [0.2, 0.25) is 0 Å². The van der Waals surface area contributed by atoms with Gasteiger partial charge in [-0.05, 0) is 34.5 Å². The monoisotopic (exact) mass is 306 g/mol. The van der Waals surface area contributed by atoms with Gasteiger partial charge in [0, 0.05) is 18.9 Å². The van der Waals surface area contributed by atoms with Crippen LogP contribution in [0.25, 0.3) is 0 Å². The van der Waals surface area contributed by atoms with E-state index in [0.29, 0.717) is 6.42 Å². The van der Waals surface area contributed by atoms with Crippen LogP contribution in [0.1, 0.15) is 24.1 Å². The van der Waals surface area contributed by atoms with Crippen LogP contribution in [0, 0.1) is 0 Å². The minimum Gasteiger partial charge on any atom is -0.372 e. The molecule has 0 bridgehead atoms. The lowest BCUT2D eigenvalue weighted by Crippen LogP contribution is -2.06. The molecule has 0 fully saturated rings. The number of nitrogens with zero attached hydrogens (tertiary/aromatic N) is 3. The van der Waals surface area contributed by atoms with Crippen molar-refractivity contribution in [2.45, 2.75) is 19.8 Å². The van der Waals surface area contributed by atoms with E-state index in [1.807, 2.05) is 25.2 Å². The van der Waals surface area contributed by atoms with E-state index in [2.05, 4.69) is 43.1 Å². The van der Waals surface area contributed by atoms with Crippen molar-refractivity contribution in [1.29, 1.82) is 0 Å². The molecule has 0 aliphatic rings. The van der Waals surface area contributed by atoms with E-state index in [0.717, 1.165) is 33.9 Å². The van der Waals surface area contributed by atoms with Crippen molar-refractivity contribution < 1.29 is 0 Å². The molecule has 0 saturated carbocycles. The summed E-state index contributed by atoms with van der Waals surface area (Å²) in [6.45, 7) is 2.08. The second-order valence-electron chi connectivity index (χ2n) is 3.85. The first-order valence-electron chi connectivity index (χ1n) is 5.87. The van der Waals surface area contributed by atoms with Gasteiger partial charge in [-0.3, -0.25) is 4.98 Å². The van der Waals surface area contributed by atoms with E-state index in [1.54, 1.807) is 6.20 Å². The summed E-state index contributed by atoms with van der Waals surface area (Å²) in [4.78, 5) is 13.3. The number of rotatable bonds is 4. The average molecular weight is 307 g/mol. The van der Waals surface area contributed by atoms with Crippen LogP contribution in [0.2, 0.25) is 0 Å². The lowest BCUT2D eigenvalue weighted by atomic mass is 10.2. The van der Waals surface area contributed by atoms with Crippen LogP contribution in [0.5, 0.6) is 0 Å². The van der Waals surface area contributed by atoms with Gasteiger partial charge in [-0.2, -0.15) is 0 Å². The zero-order valence-electron chi connectivity index (χ0n) is 10.4. The smallest absolute Gasteiger partial charge is 0.144 e. The molecule has 94 valence electrons. The SMILES string of the molecule is CCc1nc(Cc2ccccn2)nc(NC)c1Br. The third-order valence-electron chi connectivity index (χ3n) is 2.60. The molecule has 1 N–H and O–H groups in total. The summed E-state index contributed by atoms with van der Waals surface area (Å²) < 4.78 is 0.942. The molecule has 4 nitrogen and oxygen atoms in total. The van der Waals surface area contributed by atoms with Crippen molar-refractivity contribution in [2.75, 3.05) is 12.4 Å². The van der Waals surface area contributed by atoms with Crippen LogP contribution in [-0.2, 0) is 12.8 Å². The molecule has 0 aliphatic heterocycles. The highest BCUT2D eigenvalue weighted by molar-refractivity contribution is 9.10. The Balaban J connectivity index is 2.34. The lowest BCUT2D eigenvalue weighted by Gasteiger charge is -2.09. The highest BCUT2D eigenvalue weighted by Crippen LogP contribution is 2.24. The lowest BCUT2D eigenvalue weighted by molar-refractivity contribution is 0.883. The highest BCUT2D eigenvalue weighted by atomic mass is 79.9. The second-order valence-corrected chi connectivity index (χ2v) is 4.64. The number of nitrogens with one attached hydrogen (secondary N) is 1. The van der Waals surface area contributed by atoms with Gasteiger partial charge in [0.15, 0.2) is 0 Å². The molecule has 0 aromatic carbocycles. The van der Waals surface area contributed by atoms with Crippen molar-refractivity contribution in [3.05, 3.63) is 46.1 Å². The summed E-state index contributed by atoms with van der Waals surface area (Å²) >= 11 is 3.52. The van der Waals surface area contributed by atoms with Crippen LogP contribution < -0.4 is 5.32 Å². The number of aromatic nitrogens is 3. The highest BCUT2D eigenvalue weighted by Gasteiger charge is 2.10. The Bertz CT molecular complexity index is 503. The van der Waals surface area contributed by atoms with Gasteiger partial charge in [-0.25, -0.2) is 9.97 Å². The van der Waals surface area contributed by atoms with Gasteiger partial charge >= 0.3 is 0 Å². The van der Waals surface area contributed by atoms with Crippen molar-refractivity contribution >= 4 is 21.7 Å². The molecule has 2 aromatic heterocycles. The average Bonchev–Trinajstić information content (AvgIpc) is 2.41. The predicted molar refractivity (Wildman–Crippen MR) is 75.7 cm³/mol. The Morgan fingerprint density at radius 2 is 2.11 bits per heavy atom. The summed E-state index contributed by atoms with van der Waals surface area (Å²) in [6, 6.07) is 5.86. The Morgan fingerprint density at radius 1 is 1.28 bits per heavy atom. The standard InChI is InChI=1S/C13H15BrN4/c1-3-10-12(14)13(15-2)18-11(17-10)8-9-6-4-5-7-16-9/h4-7H,3,8H2,1-2H3,(H,15,17,18). The summed E-state index contributed by atoms with van der Waals surface area (Å²) in [5.74, 6) is 1.62. The molecule has 0 unspecified atom stereocenters. The van der Waals surface area contributed by atoms with Gasteiger partial charge in [0.25, 0.3) is 0 Å². The molecule has 0 aliphatic carbocycles. The largest absolute Gasteiger partial charge is 0.372 e. The second kappa shape index (κ2) is 5.91. The van der Waals surface area contributed by atoms with E-state index in [4.69, 9.17) is 0 Å². The zero-order valence-corrected chi connectivity index (χ0v) is 12.0. The van der Waals surface area contributed by atoms with Gasteiger partial charge in [0.05, 0.1) is 16.6 Å². The van der Waals surface area contributed by atoms with E-state index in [1.165, 1.54) is 0 Å². The summed E-state index contributed by atoms with van der Waals surface area (Å²) in [6.07, 6.45) is 3.30. The summed E-state index contributed by atoms with van der Waals surface area (Å²) in [5, 5.41) is 3.08. The van der Waals surface area contributed by atoms with Gasteiger partial charge in [0.1, 0.15) is 11.6 Å². The van der Waals surface area contributed by atoms with Crippen LogP contribution in [0.3, 0.4) is 0 Å². The number of aryl methyl sites for hydroxylation is 1. The Labute approximate surface area is 115 Å². The first kappa shape index (κ1) is 13.0. The number of hydrogen-bond acceptors (Lipinski definition) is 4. The van der Waals surface area contributed by atoms with E-state index < -0.39 is 0 Å². The van der Waals surface area contributed by atoms with Crippen LogP contribution in [0.4, 0.5) is 5.82 Å². The first-order chi connectivity index (χ1) is 8.74. The number of hydrogen-bond donors (Lipinski definition) is 1. The van der Waals surface area contributed by atoms with Crippen molar-refractivity contribution in [1.82, 2.24) is 15.0 Å². The normalized spacial score (nSPS) is 10.4. The fraction of sp³-hybridized carbons (Fsp3) is 0.308. The van der Waals surface area contributed by atoms with Gasteiger partial charge < -0.3 is 5.32 Å². The third-order valence-corrected chi connectivity index (χ3v) is 3.44. The van der Waals surface area contributed by atoms with Crippen molar-refractivity contribution in [3.63, 3.8) is 0 Å². The molecule has 0 saturated heterocycles. The Hall–Kier alpha value is -1.49. The topological polar surface area (TPSA) is 50.7 Å². The Morgan fingerprint density at radius 3 is 2.72 bits per heavy atom. The van der Waals surface area contributed by atoms with Crippen LogP contribution in [0.15, 0.2) is 28.9 Å². The van der Waals surface area contributed by atoms with Crippen molar-refractivity contribution in [3.8, 4) is 0 Å². The molecule has 0 amide bonds. The zero-order chi connectivity index (χ0) is 13.0. The molecule has 2 aromatic rings. The molecule has 0 atom stereocenters. The van der Waals surface area contributed by atoms with Gasteiger partial charge in [-0.1, -0.05) is 13.0 Å². The fourth-order valence-electron chi connectivity index (χ4n) is 1.69. The molecule has 0 spiro atoms. The minimum atomic E-state index is 0.649. The van der Waals surface area contributed by atoms with Gasteiger partial charge in [-0.15, -0.1) is 0 Å². The van der Waals surface area contributed by atoms with E-state index >= 15 is 0 Å². The number of halogens is 1. The molecule has 18 heavy (non-hydrogen) atoms. The van der Waals surface area contributed by atoms with E-state index in [-0.39, 0.29) is 0 Å². The third kappa shape index (κ3) is 2.85. The molecular weight excluding hydrogens is 292 g/mol. The van der Waals surface area contributed by atoms with Crippen LogP contribution >= 0.6 is 15.9 Å². The molecule has 2 heterocycles. The van der Waals surface area contributed by atoms with E-state index in [9.17, 15) is 0 Å². The molecule has 0 radical (unpaired) electrons. The fourth-order valence-corrected chi connectivity index (χ4v) is 2.34. The molecular formula is C13H15BrN4. The quantitative estimate of drug-likeness (QED) is 0.943. The molecule has 5 heteroatoms. The maximum atomic E-state index is 4.56. The maximum absolute atomic E-state index is 4.56. The predicted octanol–water partition coefficient (Wildman–Crippen LogP) is 2.83. The van der Waals surface area contributed by atoms with Crippen molar-refractivity contribution in [2.24, 2.45) is 0 Å².